The average molecular weight is 425 g/mol. The van der Waals surface area contributed by atoms with E-state index < -0.39 is 79.8 Å². The highest BCUT2D eigenvalue weighted by molar-refractivity contribution is 5.74. The average Bonchev–Trinajstić information content (AvgIpc) is 2.67. The maximum Gasteiger partial charge on any atom is 0.335 e. The minimum absolute atomic E-state index is 0.529. The number of aliphatic hydroxyl groups excluding tert-OH is 4. The summed E-state index contributed by atoms with van der Waals surface area (Å²) in [6.45, 7) is 0.563. The summed E-state index contributed by atoms with van der Waals surface area (Å²) in [6, 6.07) is -1.13. The molecule has 0 aromatic carbocycles. The van der Waals surface area contributed by atoms with Gasteiger partial charge >= 0.3 is 5.97 Å². The molecule has 2 rings (SSSR count). The van der Waals surface area contributed by atoms with Crippen molar-refractivity contribution < 1.29 is 58.8 Å². The van der Waals surface area contributed by atoms with Gasteiger partial charge in [0.25, 0.3) is 0 Å². The van der Waals surface area contributed by atoms with E-state index in [-0.39, 0.29) is 0 Å². The van der Waals surface area contributed by atoms with Crippen LogP contribution in [-0.2, 0) is 33.3 Å². The number of ether oxygens (including phenoxy) is 5. The molecule has 7 unspecified atom stereocenters. The summed E-state index contributed by atoms with van der Waals surface area (Å²) in [7, 11) is 2.42. The van der Waals surface area contributed by atoms with Gasteiger partial charge in [-0.2, -0.15) is 0 Å². The van der Waals surface area contributed by atoms with E-state index in [0.29, 0.717) is 0 Å². The van der Waals surface area contributed by atoms with E-state index in [2.05, 4.69) is 5.32 Å². The predicted octanol–water partition coefficient (Wildman–Crippen LogP) is -3.85. The predicted molar refractivity (Wildman–Crippen MR) is 90.3 cm³/mol. The van der Waals surface area contributed by atoms with Crippen molar-refractivity contribution in [2.45, 2.75) is 68.3 Å². The van der Waals surface area contributed by atoms with Crippen molar-refractivity contribution in [2.24, 2.45) is 0 Å². The summed E-state index contributed by atoms with van der Waals surface area (Å²) in [5.74, 6) is -2.03. The number of methoxy groups -OCH3 is 2. The normalized spacial score (nSPS) is 43.0. The molecular formula is C16H27NO12. The number of aliphatic hydroxyl groups is 4. The lowest BCUT2D eigenvalue weighted by molar-refractivity contribution is -0.339. The van der Waals surface area contributed by atoms with Crippen LogP contribution in [0.15, 0.2) is 0 Å². The molecule has 2 heterocycles. The lowest BCUT2D eigenvalue weighted by atomic mass is 9.95. The van der Waals surface area contributed by atoms with Gasteiger partial charge < -0.3 is 54.5 Å². The minimum Gasteiger partial charge on any atom is -0.479 e. The van der Waals surface area contributed by atoms with Gasteiger partial charge in [0.15, 0.2) is 18.7 Å². The van der Waals surface area contributed by atoms with Gasteiger partial charge in [-0.15, -0.1) is 0 Å². The second-order valence-electron chi connectivity index (χ2n) is 6.72. The number of carboxylic acids is 1. The summed E-state index contributed by atoms with van der Waals surface area (Å²) in [5.41, 5.74) is 0. The van der Waals surface area contributed by atoms with Crippen LogP contribution in [0.4, 0.5) is 0 Å². The van der Waals surface area contributed by atoms with E-state index in [9.17, 15) is 35.1 Å². The van der Waals surface area contributed by atoms with Crippen LogP contribution in [0.3, 0.4) is 0 Å². The highest BCUT2D eigenvalue weighted by Gasteiger charge is 2.53. The zero-order valence-corrected chi connectivity index (χ0v) is 16.1. The molecule has 13 nitrogen and oxygen atoms in total. The number of carbonyl (C=O) groups excluding carboxylic acids is 1. The summed E-state index contributed by atoms with van der Waals surface area (Å²) >= 11 is 0. The Hall–Kier alpha value is -1.42. The van der Waals surface area contributed by atoms with Crippen LogP contribution in [0.1, 0.15) is 6.92 Å². The van der Waals surface area contributed by atoms with Crippen molar-refractivity contribution in [3.63, 3.8) is 0 Å². The quantitative estimate of drug-likeness (QED) is 0.233. The Bertz CT molecular complexity index is 576. The van der Waals surface area contributed by atoms with Gasteiger partial charge in [0.2, 0.25) is 5.91 Å². The van der Waals surface area contributed by atoms with E-state index in [1.54, 1.807) is 0 Å². The Morgan fingerprint density at radius 2 is 1.62 bits per heavy atom. The maximum absolute atomic E-state index is 11.6. The Labute approximate surface area is 166 Å². The lowest BCUT2D eigenvalue weighted by Crippen LogP contribution is -2.68. The highest BCUT2D eigenvalue weighted by Crippen LogP contribution is 2.30. The van der Waals surface area contributed by atoms with Crippen LogP contribution in [0.25, 0.3) is 0 Å². The Morgan fingerprint density at radius 1 is 0.966 bits per heavy atom. The molecular weight excluding hydrogens is 398 g/mol. The van der Waals surface area contributed by atoms with Crippen LogP contribution in [0, 0.1) is 0 Å². The number of carbonyl (C=O) groups is 2. The first-order chi connectivity index (χ1) is 13.7. The second-order valence-corrected chi connectivity index (χ2v) is 6.72. The van der Waals surface area contributed by atoms with Gasteiger partial charge in [0, 0.05) is 21.1 Å². The fourth-order valence-corrected chi connectivity index (χ4v) is 3.39. The molecule has 0 spiro atoms. The first kappa shape index (κ1) is 23.9. The summed E-state index contributed by atoms with van der Waals surface area (Å²) in [4.78, 5) is 23.2. The van der Waals surface area contributed by atoms with Gasteiger partial charge in [-0.1, -0.05) is 0 Å². The molecule has 2 fully saturated rings. The molecule has 0 aromatic rings. The second kappa shape index (κ2) is 10.1. The Balaban J connectivity index is 2.32. The van der Waals surface area contributed by atoms with Crippen LogP contribution in [0.5, 0.6) is 0 Å². The van der Waals surface area contributed by atoms with E-state index in [1.165, 1.54) is 14.0 Å². The fourth-order valence-electron chi connectivity index (χ4n) is 3.39. The van der Waals surface area contributed by atoms with Crippen molar-refractivity contribution in [2.75, 3.05) is 20.8 Å². The molecule has 2 saturated heterocycles. The molecule has 0 radical (unpaired) electrons. The smallest absolute Gasteiger partial charge is 0.335 e. The summed E-state index contributed by atoms with van der Waals surface area (Å²) in [5, 5.41) is 52.1. The molecule has 10 atom stereocenters. The number of carboxylic acid groups (broad SMARTS) is 1. The van der Waals surface area contributed by atoms with E-state index in [4.69, 9.17) is 23.7 Å². The van der Waals surface area contributed by atoms with Crippen LogP contribution >= 0.6 is 0 Å². The summed E-state index contributed by atoms with van der Waals surface area (Å²) < 4.78 is 26.3. The Morgan fingerprint density at radius 3 is 2.10 bits per heavy atom. The highest BCUT2D eigenvalue weighted by atomic mass is 16.7. The number of hydrogen-bond acceptors (Lipinski definition) is 11. The van der Waals surface area contributed by atoms with Crippen molar-refractivity contribution in [3.8, 4) is 0 Å². The number of hydrogen-bond donors (Lipinski definition) is 6. The van der Waals surface area contributed by atoms with Crippen LogP contribution in [-0.4, -0.2) is 120 Å². The van der Waals surface area contributed by atoms with Crippen molar-refractivity contribution in [3.05, 3.63) is 0 Å². The van der Waals surface area contributed by atoms with E-state index in [0.717, 1.165) is 7.11 Å². The molecule has 29 heavy (non-hydrogen) atoms. The van der Waals surface area contributed by atoms with Crippen molar-refractivity contribution >= 4 is 11.9 Å². The van der Waals surface area contributed by atoms with Crippen molar-refractivity contribution in [1.29, 1.82) is 0 Å². The zero-order chi connectivity index (χ0) is 21.9. The monoisotopic (exact) mass is 425 g/mol. The van der Waals surface area contributed by atoms with Gasteiger partial charge in [-0.3, -0.25) is 4.79 Å². The van der Waals surface area contributed by atoms with Crippen LogP contribution < -0.4 is 5.32 Å². The van der Waals surface area contributed by atoms with E-state index >= 15 is 0 Å². The summed E-state index contributed by atoms with van der Waals surface area (Å²) in [6.07, 6.45) is -13.3. The third-order valence-electron chi connectivity index (χ3n) is 4.81. The molecule has 0 bridgehead atoms. The molecule has 0 aliphatic carbocycles. The number of rotatable bonds is 7. The zero-order valence-electron chi connectivity index (χ0n) is 16.1. The van der Waals surface area contributed by atoms with Gasteiger partial charge in [0.1, 0.15) is 42.7 Å². The lowest BCUT2D eigenvalue weighted by Gasteiger charge is -2.47. The Kier molecular flexibility index (Phi) is 8.28. The standard InChI is InChI=1S/C16H27NO12/c1-5(19)17-7-11(25-2)8(20)6(4-18)27-15(7)28-12-9(21)10(22)16(26-3)29-13(12)14(23)24/h6-13,15-16,18,20-22H,4H2,1-3H3,(H,17,19)(H,23,24)/t6?,7?,8?,9?,10?,11-,12+,13?,15+,16?/m1/s1. The SMILES string of the molecule is COC1OC(C(=O)O)[C@@H](O[C@@H]2OC(CO)C(O)[C@H](OC)C2NC(C)=O)C(O)C1O. The molecule has 0 aromatic heterocycles. The molecule has 0 saturated carbocycles. The molecule has 1 amide bonds. The topological polar surface area (TPSA) is 193 Å². The fraction of sp³-hybridized carbons (Fsp3) is 0.875. The van der Waals surface area contributed by atoms with Gasteiger partial charge in [-0.25, -0.2) is 4.79 Å². The third-order valence-corrected chi connectivity index (χ3v) is 4.81. The first-order valence-corrected chi connectivity index (χ1v) is 8.83. The first-order valence-electron chi connectivity index (χ1n) is 8.83. The maximum atomic E-state index is 11.6. The number of amides is 1. The molecule has 2 aliphatic heterocycles. The van der Waals surface area contributed by atoms with Crippen LogP contribution in [0.2, 0.25) is 0 Å². The van der Waals surface area contributed by atoms with Gasteiger partial charge in [0.05, 0.1) is 6.61 Å². The third kappa shape index (κ3) is 5.02. The molecule has 13 heteroatoms. The van der Waals surface area contributed by atoms with Crippen molar-refractivity contribution in [1.82, 2.24) is 5.32 Å². The minimum atomic E-state index is -1.75. The van der Waals surface area contributed by atoms with E-state index in [1.807, 2.05) is 0 Å². The molecule has 168 valence electrons. The molecule has 2 aliphatic rings. The van der Waals surface area contributed by atoms with Gasteiger partial charge in [-0.05, 0) is 0 Å². The number of aliphatic carboxylic acids is 1. The largest absolute Gasteiger partial charge is 0.479 e. The molecule has 6 N–H and O–H groups in total. The number of nitrogens with one attached hydrogen (secondary N) is 1.